The zero-order chi connectivity index (χ0) is 22.9. The topological polar surface area (TPSA) is 94.6 Å². The first-order chi connectivity index (χ1) is 15.5. The third-order valence-corrected chi connectivity index (χ3v) is 6.82. The summed E-state index contributed by atoms with van der Waals surface area (Å²) in [5, 5.41) is 15.8. The molecule has 0 spiro atoms. The molecule has 0 bridgehead atoms. The highest BCUT2D eigenvalue weighted by molar-refractivity contribution is 5.84. The van der Waals surface area contributed by atoms with Gasteiger partial charge in [0, 0.05) is 30.7 Å². The molecule has 1 aromatic heterocycles. The molecule has 0 saturated heterocycles. The van der Waals surface area contributed by atoms with E-state index in [1.165, 1.54) is 24.8 Å². The van der Waals surface area contributed by atoms with Crippen molar-refractivity contribution in [3.8, 4) is 0 Å². The van der Waals surface area contributed by atoms with E-state index in [-0.39, 0.29) is 11.8 Å². The molecule has 3 N–H and O–H groups in total. The molecule has 1 fully saturated rings. The van der Waals surface area contributed by atoms with E-state index in [1.807, 2.05) is 13.8 Å². The average Bonchev–Trinajstić information content (AvgIpc) is 3.63. The van der Waals surface area contributed by atoms with Crippen LogP contribution in [-0.4, -0.2) is 58.6 Å². The van der Waals surface area contributed by atoms with Crippen LogP contribution in [0.5, 0.6) is 0 Å². The summed E-state index contributed by atoms with van der Waals surface area (Å²) in [6.45, 7) is 6.63. The number of unbranched alkanes of at least 4 members (excludes halogenated alkanes) is 1. The fourth-order valence-electron chi connectivity index (χ4n) is 4.55. The molecule has 1 amide bonds. The van der Waals surface area contributed by atoms with Gasteiger partial charge in [0.15, 0.2) is 0 Å². The molecule has 1 atom stereocenters. The van der Waals surface area contributed by atoms with E-state index < -0.39 is 12.0 Å². The van der Waals surface area contributed by atoms with Crippen LogP contribution in [-0.2, 0) is 22.4 Å². The molecular weight excluding hydrogens is 404 g/mol. The van der Waals surface area contributed by atoms with Gasteiger partial charge in [-0.1, -0.05) is 19.9 Å². The van der Waals surface area contributed by atoms with Gasteiger partial charge in [0.05, 0.1) is 0 Å². The standard InChI is InChI=1S/C25H40N4O3/c1-3-18(4-2)24(30)28-22(25(31)32)14-17-29(21-12-13-21)16-6-5-9-20-11-10-19-8-7-15-26-23(19)27-20/h10-11,18,21-22H,3-9,12-17H2,1-2H3,(H,26,27)(H,28,30)(H,31,32). The largest absolute Gasteiger partial charge is 0.480 e. The van der Waals surface area contributed by atoms with Crippen molar-refractivity contribution in [2.45, 2.75) is 90.1 Å². The van der Waals surface area contributed by atoms with E-state index in [1.54, 1.807) is 0 Å². The molecular formula is C25H40N4O3. The van der Waals surface area contributed by atoms with Crippen molar-refractivity contribution >= 4 is 17.7 Å². The zero-order valence-electron chi connectivity index (χ0n) is 19.7. The highest BCUT2D eigenvalue weighted by atomic mass is 16.4. The van der Waals surface area contributed by atoms with Crippen LogP contribution in [0, 0.1) is 5.92 Å². The molecule has 1 aliphatic carbocycles. The van der Waals surface area contributed by atoms with E-state index in [9.17, 15) is 14.7 Å². The SMILES string of the molecule is CCC(CC)C(=O)NC(CCN(CCCCc1ccc2c(n1)NCCC2)C1CC1)C(=O)O. The van der Waals surface area contributed by atoms with Crippen LogP contribution in [0.15, 0.2) is 12.1 Å². The number of carbonyl (C=O) groups is 2. The minimum Gasteiger partial charge on any atom is -0.480 e. The van der Waals surface area contributed by atoms with Gasteiger partial charge in [-0.15, -0.1) is 0 Å². The first kappa shape index (κ1) is 24.5. The predicted molar refractivity (Wildman–Crippen MR) is 127 cm³/mol. The molecule has 7 nitrogen and oxygen atoms in total. The van der Waals surface area contributed by atoms with E-state index in [4.69, 9.17) is 4.98 Å². The number of fused-ring (bicyclic) bond motifs is 1. The van der Waals surface area contributed by atoms with Crippen molar-refractivity contribution in [2.24, 2.45) is 5.92 Å². The summed E-state index contributed by atoms with van der Waals surface area (Å²) >= 11 is 0. The lowest BCUT2D eigenvalue weighted by Gasteiger charge is -2.25. The van der Waals surface area contributed by atoms with Crippen LogP contribution in [0.2, 0.25) is 0 Å². The fourth-order valence-corrected chi connectivity index (χ4v) is 4.55. The fraction of sp³-hybridized carbons (Fsp3) is 0.720. The van der Waals surface area contributed by atoms with E-state index >= 15 is 0 Å². The lowest BCUT2D eigenvalue weighted by atomic mass is 10.0. The van der Waals surface area contributed by atoms with Crippen molar-refractivity contribution in [3.05, 3.63) is 23.4 Å². The quantitative estimate of drug-likeness (QED) is 0.380. The monoisotopic (exact) mass is 444 g/mol. The number of rotatable bonds is 14. The smallest absolute Gasteiger partial charge is 0.326 e. The van der Waals surface area contributed by atoms with E-state index in [0.717, 1.165) is 63.1 Å². The van der Waals surface area contributed by atoms with E-state index in [2.05, 4.69) is 27.7 Å². The zero-order valence-corrected chi connectivity index (χ0v) is 19.7. The molecule has 7 heteroatoms. The summed E-state index contributed by atoms with van der Waals surface area (Å²) in [6, 6.07) is 4.13. The van der Waals surface area contributed by atoms with Crippen LogP contribution < -0.4 is 10.6 Å². The van der Waals surface area contributed by atoms with Crippen molar-refractivity contribution in [2.75, 3.05) is 25.0 Å². The molecule has 2 aliphatic rings. The Morgan fingerprint density at radius 2 is 2.00 bits per heavy atom. The van der Waals surface area contributed by atoms with Gasteiger partial charge in [-0.2, -0.15) is 0 Å². The Morgan fingerprint density at radius 1 is 1.22 bits per heavy atom. The van der Waals surface area contributed by atoms with Gasteiger partial charge < -0.3 is 20.6 Å². The summed E-state index contributed by atoms with van der Waals surface area (Å²) in [4.78, 5) is 31.3. The second kappa shape index (κ2) is 12.2. The van der Waals surface area contributed by atoms with Crippen molar-refractivity contribution in [3.63, 3.8) is 0 Å². The van der Waals surface area contributed by atoms with Crippen LogP contribution in [0.4, 0.5) is 5.82 Å². The lowest BCUT2D eigenvalue weighted by molar-refractivity contribution is -0.142. The number of hydrogen-bond acceptors (Lipinski definition) is 5. The number of carboxylic acids is 1. The second-order valence-corrected chi connectivity index (χ2v) is 9.27. The molecule has 32 heavy (non-hydrogen) atoms. The van der Waals surface area contributed by atoms with Crippen molar-refractivity contribution < 1.29 is 14.7 Å². The third-order valence-electron chi connectivity index (χ3n) is 6.82. The molecule has 0 aromatic carbocycles. The Bertz CT molecular complexity index is 762. The molecule has 1 saturated carbocycles. The highest BCUT2D eigenvalue weighted by Crippen LogP contribution is 2.27. The van der Waals surface area contributed by atoms with E-state index in [0.29, 0.717) is 19.0 Å². The number of nitrogens with zero attached hydrogens (tertiary/aromatic N) is 2. The molecule has 178 valence electrons. The van der Waals surface area contributed by atoms with Crippen molar-refractivity contribution in [1.82, 2.24) is 15.2 Å². The maximum absolute atomic E-state index is 12.3. The van der Waals surface area contributed by atoms with Gasteiger partial charge in [0.25, 0.3) is 0 Å². The molecule has 1 aromatic rings. The second-order valence-electron chi connectivity index (χ2n) is 9.27. The lowest BCUT2D eigenvalue weighted by Crippen LogP contribution is -2.45. The number of aromatic nitrogens is 1. The first-order valence-corrected chi connectivity index (χ1v) is 12.5. The van der Waals surface area contributed by atoms with Gasteiger partial charge in [0.2, 0.25) is 5.91 Å². The number of nitrogens with one attached hydrogen (secondary N) is 2. The minimum atomic E-state index is -0.938. The third kappa shape index (κ3) is 7.19. The predicted octanol–water partition coefficient (Wildman–Crippen LogP) is 3.62. The number of amides is 1. The summed E-state index contributed by atoms with van der Waals surface area (Å²) in [5.41, 5.74) is 2.47. The summed E-state index contributed by atoms with van der Waals surface area (Å²) < 4.78 is 0. The van der Waals surface area contributed by atoms with Gasteiger partial charge in [0.1, 0.15) is 11.9 Å². The highest BCUT2D eigenvalue weighted by Gasteiger charge is 2.30. The average molecular weight is 445 g/mol. The number of aliphatic carboxylic acids is 1. The number of carbonyl (C=O) groups excluding carboxylic acids is 1. The van der Waals surface area contributed by atoms with Gasteiger partial charge in [-0.05, 0) is 82.4 Å². The normalized spacial score (nSPS) is 16.5. The van der Waals surface area contributed by atoms with Crippen molar-refractivity contribution in [1.29, 1.82) is 0 Å². The molecule has 0 radical (unpaired) electrons. The minimum absolute atomic E-state index is 0.108. The Balaban J connectivity index is 1.43. The summed E-state index contributed by atoms with van der Waals surface area (Å²) in [5.74, 6) is -0.119. The number of carboxylic acid groups (broad SMARTS) is 1. The number of aryl methyl sites for hydroxylation is 2. The van der Waals surface area contributed by atoms with Gasteiger partial charge in [-0.3, -0.25) is 4.79 Å². The number of hydrogen-bond donors (Lipinski definition) is 3. The molecule has 3 rings (SSSR count). The van der Waals surface area contributed by atoms with Crippen LogP contribution >= 0.6 is 0 Å². The van der Waals surface area contributed by atoms with Gasteiger partial charge in [-0.25, -0.2) is 9.78 Å². The Kier molecular flexibility index (Phi) is 9.33. The first-order valence-electron chi connectivity index (χ1n) is 12.5. The molecule has 2 heterocycles. The maximum Gasteiger partial charge on any atom is 0.326 e. The summed E-state index contributed by atoms with van der Waals surface area (Å²) in [7, 11) is 0. The van der Waals surface area contributed by atoms with Crippen LogP contribution in [0.1, 0.15) is 76.5 Å². The molecule has 1 unspecified atom stereocenters. The molecule has 1 aliphatic heterocycles. The van der Waals surface area contributed by atoms with Crippen LogP contribution in [0.3, 0.4) is 0 Å². The Labute approximate surface area is 192 Å². The number of pyridine rings is 1. The maximum atomic E-state index is 12.3. The Morgan fingerprint density at radius 3 is 2.69 bits per heavy atom. The van der Waals surface area contributed by atoms with Crippen LogP contribution in [0.25, 0.3) is 0 Å². The Hall–Kier alpha value is -2.15. The number of anilines is 1. The summed E-state index contributed by atoms with van der Waals surface area (Å²) in [6.07, 6.45) is 9.70. The van der Waals surface area contributed by atoms with Gasteiger partial charge >= 0.3 is 5.97 Å².